The molecule has 3 nitrogen and oxygen atoms in total. The van der Waals surface area contributed by atoms with Gasteiger partial charge >= 0.3 is 0 Å². The lowest BCUT2D eigenvalue weighted by Crippen LogP contribution is -1.98. The van der Waals surface area contributed by atoms with Crippen LogP contribution in [0.3, 0.4) is 0 Å². The van der Waals surface area contributed by atoms with E-state index in [1.165, 1.54) is 10.3 Å². The predicted octanol–water partition coefficient (Wildman–Crippen LogP) is 5.93. The normalized spacial score (nSPS) is 10.8. The molecule has 0 saturated heterocycles. The summed E-state index contributed by atoms with van der Waals surface area (Å²) in [6, 6.07) is 24.4. The maximum Gasteiger partial charge on any atom is 0.188 e. The van der Waals surface area contributed by atoms with Gasteiger partial charge in [0.05, 0.1) is 15.9 Å². The summed E-state index contributed by atoms with van der Waals surface area (Å²) in [5.74, 6) is 0.821. The number of hydrogen-bond donors (Lipinski definition) is 1. The van der Waals surface area contributed by atoms with E-state index in [-0.39, 0.29) is 0 Å². The molecule has 0 atom stereocenters. The molecular formula is C21H18N2OS. The first-order valence-electron chi connectivity index (χ1n) is 8.18. The van der Waals surface area contributed by atoms with E-state index in [1.807, 2.05) is 42.5 Å². The smallest absolute Gasteiger partial charge is 0.188 e. The maximum absolute atomic E-state index is 6.00. The van der Waals surface area contributed by atoms with Gasteiger partial charge in [-0.2, -0.15) is 0 Å². The van der Waals surface area contributed by atoms with E-state index in [9.17, 15) is 0 Å². The fourth-order valence-electron chi connectivity index (χ4n) is 2.63. The van der Waals surface area contributed by atoms with E-state index in [2.05, 4.69) is 47.6 Å². The molecule has 4 rings (SSSR count). The number of nitrogens with zero attached hydrogens (tertiary/aromatic N) is 1. The molecule has 0 radical (unpaired) electrons. The number of thiazole rings is 1. The molecule has 0 aliphatic rings. The number of para-hydroxylation sites is 2. The van der Waals surface area contributed by atoms with Crippen LogP contribution in [-0.4, -0.2) is 4.98 Å². The minimum atomic E-state index is 0.540. The van der Waals surface area contributed by atoms with Crippen molar-refractivity contribution in [3.8, 4) is 5.75 Å². The molecule has 0 fully saturated rings. The summed E-state index contributed by atoms with van der Waals surface area (Å²) in [5, 5.41) is 4.27. The van der Waals surface area contributed by atoms with Crippen molar-refractivity contribution in [1.82, 2.24) is 4.98 Å². The van der Waals surface area contributed by atoms with Crippen LogP contribution < -0.4 is 10.1 Å². The molecule has 0 unspecified atom stereocenters. The van der Waals surface area contributed by atoms with Gasteiger partial charge in [-0.15, -0.1) is 0 Å². The minimum absolute atomic E-state index is 0.540. The molecule has 4 aromatic rings. The van der Waals surface area contributed by atoms with Crippen molar-refractivity contribution in [2.24, 2.45) is 0 Å². The van der Waals surface area contributed by atoms with Crippen LogP contribution in [0.15, 0.2) is 72.8 Å². The molecule has 0 saturated carbocycles. The molecule has 3 aromatic carbocycles. The van der Waals surface area contributed by atoms with Crippen molar-refractivity contribution >= 4 is 32.4 Å². The van der Waals surface area contributed by atoms with Crippen molar-refractivity contribution in [2.75, 3.05) is 5.32 Å². The van der Waals surface area contributed by atoms with Gasteiger partial charge in [0.1, 0.15) is 12.4 Å². The van der Waals surface area contributed by atoms with E-state index in [0.29, 0.717) is 6.61 Å². The highest BCUT2D eigenvalue weighted by Gasteiger charge is 2.08. The van der Waals surface area contributed by atoms with Crippen LogP contribution >= 0.6 is 11.3 Å². The Morgan fingerprint density at radius 3 is 2.64 bits per heavy atom. The van der Waals surface area contributed by atoms with Gasteiger partial charge in [0.25, 0.3) is 0 Å². The second kappa shape index (κ2) is 6.95. The van der Waals surface area contributed by atoms with Crippen LogP contribution in [0.25, 0.3) is 10.2 Å². The van der Waals surface area contributed by atoms with Gasteiger partial charge in [-0.1, -0.05) is 59.9 Å². The molecule has 0 bridgehead atoms. The van der Waals surface area contributed by atoms with Gasteiger partial charge < -0.3 is 10.1 Å². The van der Waals surface area contributed by atoms with Crippen molar-refractivity contribution in [3.05, 3.63) is 83.9 Å². The zero-order valence-corrected chi connectivity index (χ0v) is 14.7. The van der Waals surface area contributed by atoms with Gasteiger partial charge in [0.15, 0.2) is 5.13 Å². The maximum atomic E-state index is 6.00. The second-order valence-corrected chi connectivity index (χ2v) is 6.92. The monoisotopic (exact) mass is 346 g/mol. The standard InChI is InChI=1S/C21H18N2OS/c1-15-11-12-18-20(13-15)25-21(23-18)22-17-9-5-6-10-19(17)24-14-16-7-3-2-4-8-16/h2-13H,14H2,1H3,(H,22,23). The lowest BCUT2D eigenvalue weighted by Gasteiger charge is -2.11. The number of benzene rings is 3. The highest BCUT2D eigenvalue weighted by Crippen LogP contribution is 2.32. The van der Waals surface area contributed by atoms with Crippen LogP contribution in [0.1, 0.15) is 11.1 Å². The number of anilines is 2. The third kappa shape index (κ3) is 3.64. The largest absolute Gasteiger partial charge is 0.487 e. The van der Waals surface area contributed by atoms with E-state index in [1.54, 1.807) is 11.3 Å². The van der Waals surface area contributed by atoms with Gasteiger partial charge in [-0.05, 0) is 42.3 Å². The number of nitrogens with one attached hydrogen (secondary N) is 1. The molecule has 0 aliphatic heterocycles. The molecular weight excluding hydrogens is 328 g/mol. The summed E-state index contributed by atoms with van der Waals surface area (Å²) in [5.41, 5.74) is 4.33. The Kier molecular flexibility index (Phi) is 4.36. The number of hydrogen-bond acceptors (Lipinski definition) is 4. The average Bonchev–Trinajstić information content (AvgIpc) is 3.03. The van der Waals surface area contributed by atoms with Crippen molar-refractivity contribution in [2.45, 2.75) is 13.5 Å². The van der Waals surface area contributed by atoms with Crippen LogP contribution in [0.2, 0.25) is 0 Å². The van der Waals surface area contributed by atoms with Crippen LogP contribution in [0.4, 0.5) is 10.8 Å². The lowest BCUT2D eigenvalue weighted by atomic mass is 10.2. The summed E-state index contributed by atoms with van der Waals surface area (Å²) >= 11 is 1.65. The molecule has 1 N–H and O–H groups in total. The first kappa shape index (κ1) is 15.7. The van der Waals surface area contributed by atoms with Gasteiger partial charge in [-0.3, -0.25) is 0 Å². The lowest BCUT2D eigenvalue weighted by molar-refractivity contribution is 0.308. The second-order valence-electron chi connectivity index (χ2n) is 5.89. The Labute approximate surface area is 150 Å². The molecule has 4 heteroatoms. The molecule has 0 aliphatic carbocycles. The highest BCUT2D eigenvalue weighted by molar-refractivity contribution is 7.22. The third-order valence-corrected chi connectivity index (χ3v) is 4.84. The minimum Gasteiger partial charge on any atom is -0.487 e. The van der Waals surface area contributed by atoms with E-state index in [0.717, 1.165) is 27.6 Å². The molecule has 124 valence electrons. The zero-order chi connectivity index (χ0) is 17.1. The summed E-state index contributed by atoms with van der Waals surface area (Å²) in [4.78, 5) is 4.66. The molecule has 1 aromatic heterocycles. The fourth-order valence-corrected chi connectivity index (χ4v) is 3.61. The fraction of sp³-hybridized carbons (Fsp3) is 0.0952. The molecule has 25 heavy (non-hydrogen) atoms. The zero-order valence-electron chi connectivity index (χ0n) is 13.9. The van der Waals surface area contributed by atoms with Crippen molar-refractivity contribution in [3.63, 3.8) is 0 Å². The summed E-state index contributed by atoms with van der Waals surface area (Å²) in [7, 11) is 0. The number of fused-ring (bicyclic) bond motifs is 1. The number of rotatable bonds is 5. The Morgan fingerprint density at radius 1 is 0.960 bits per heavy atom. The van der Waals surface area contributed by atoms with E-state index in [4.69, 9.17) is 4.74 Å². The topological polar surface area (TPSA) is 34.2 Å². The van der Waals surface area contributed by atoms with E-state index < -0.39 is 0 Å². The quantitative estimate of drug-likeness (QED) is 0.486. The van der Waals surface area contributed by atoms with E-state index >= 15 is 0 Å². The summed E-state index contributed by atoms with van der Waals surface area (Å²) < 4.78 is 7.19. The number of aryl methyl sites for hydroxylation is 1. The Balaban J connectivity index is 1.55. The van der Waals surface area contributed by atoms with Gasteiger partial charge in [0.2, 0.25) is 0 Å². The average molecular weight is 346 g/mol. The Morgan fingerprint density at radius 2 is 1.76 bits per heavy atom. The third-order valence-electron chi connectivity index (χ3n) is 3.91. The first-order valence-corrected chi connectivity index (χ1v) is 8.99. The summed E-state index contributed by atoms with van der Waals surface area (Å²) in [6.07, 6.45) is 0. The van der Waals surface area contributed by atoms with Crippen LogP contribution in [-0.2, 0) is 6.61 Å². The molecule has 0 amide bonds. The highest BCUT2D eigenvalue weighted by atomic mass is 32.1. The first-order chi connectivity index (χ1) is 12.3. The van der Waals surface area contributed by atoms with Crippen LogP contribution in [0, 0.1) is 6.92 Å². The van der Waals surface area contributed by atoms with Gasteiger partial charge in [-0.25, -0.2) is 4.98 Å². The van der Waals surface area contributed by atoms with Gasteiger partial charge in [0, 0.05) is 0 Å². The van der Waals surface area contributed by atoms with Crippen LogP contribution in [0.5, 0.6) is 5.75 Å². The summed E-state index contributed by atoms with van der Waals surface area (Å²) in [6.45, 7) is 2.64. The predicted molar refractivity (Wildman–Crippen MR) is 105 cm³/mol. The Hall–Kier alpha value is -2.85. The Bertz CT molecular complexity index is 995. The van der Waals surface area contributed by atoms with Crippen molar-refractivity contribution < 1.29 is 4.74 Å². The van der Waals surface area contributed by atoms with Crippen molar-refractivity contribution in [1.29, 1.82) is 0 Å². The number of aromatic nitrogens is 1. The molecule has 1 heterocycles. The molecule has 0 spiro atoms. The number of ether oxygens (including phenoxy) is 1. The SMILES string of the molecule is Cc1ccc2nc(Nc3ccccc3OCc3ccccc3)sc2c1.